The summed E-state index contributed by atoms with van der Waals surface area (Å²) in [5.74, 6) is -0.102. The largest absolute Gasteiger partial charge is 0.354 e. The minimum absolute atomic E-state index is 0.0817. The van der Waals surface area contributed by atoms with Crippen molar-refractivity contribution < 1.29 is 4.39 Å². The maximum atomic E-state index is 12.7. The minimum atomic E-state index is -0.471. The third kappa shape index (κ3) is 3.33. The number of aryl methyl sites for hydroxylation is 2. The molecule has 3 rings (SSSR count). The summed E-state index contributed by atoms with van der Waals surface area (Å²) in [6, 6.07) is 7.57. The van der Waals surface area contributed by atoms with Crippen LogP contribution in [0.25, 0.3) is 11.0 Å². The summed E-state index contributed by atoms with van der Waals surface area (Å²) >= 11 is 0. The number of nitrogens with zero attached hydrogens (tertiary/aromatic N) is 4. The third-order valence-corrected chi connectivity index (χ3v) is 3.48. The van der Waals surface area contributed by atoms with Gasteiger partial charge in [0.25, 0.3) is 5.56 Å². The van der Waals surface area contributed by atoms with E-state index in [2.05, 4.69) is 20.3 Å². The van der Waals surface area contributed by atoms with Crippen molar-refractivity contribution in [2.45, 2.75) is 19.9 Å². The Labute approximate surface area is 132 Å². The van der Waals surface area contributed by atoms with Crippen LogP contribution < -0.4 is 10.9 Å². The molecular weight excluding hydrogens is 297 g/mol. The fourth-order valence-corrected chi connectivity index (χ4v) is 2.38. The van der Waals surface area contributed by atoms with Crippen molar-refractivity contribution >= 4 is 17.0 Å². The molecule has 0 saturated heterocycles. The van der Waals surface area contributed by atoms with Crippen LogP contribution in [0.1, 0.15) is 12.1 Å². The lowest BCUT2D eigenvalue weighted by atomic mass is 10.2. The van der Waals surface area contributed by atoms with Gasteiger partial charge in [-0.05, 0) is 25.5 Å². The zero-order chi connectivity index (χ0) is 16.2. The van der Waals surface area contributed by atoms with Gasteiger partial charge in [0, 0.05) is 13.1 Å². The van der Waals surface area contributed by atoms with Gasteiger partial charge in [-0.3, -0.25) is 4.79 Å². The second-order valence-electron chi connectivity index (χ2n) is 5.15. The van der Waals surface area contributed by atoms with E-state index in [4.69, 9.17) is 0 Å². The van der Waals surface area contributed by atoms with Gasteiger partial charge in [0.15, 0.2) is 5.82 Å². The van der Waals surface area contributed by atoms with Crippen LogP contribution in [0.2, 0.25) is 0 Å². The quantitative estimate of drug-likeness (QED) is 0.731. The number of para-hydroxylation sites is 2. The van der Waals surface area contributed by atoms with Crippen LogP contribution in [0.4, 0.5) is 10.3 Å². The molecule has 0 fully saturated rings. The molecule has 0 aliphatic carbocycles. The van der Waals surface area contributed by atoms with Gasteiger partial charge in [0.05, 0.1) is 23.4 Å². The number of benzene rings is 1. The Morgan fingerprint density at radius 2 is 1.96 bits per heavy atom. The van der Waals surface area contributed by atoms with Crippen LogP contribution in [0, 0.1) is 12.7 Å². The minimum Gasteiger partial charge on any atom is -0.354 e. The highest BCUT2D eigenvalue weighted by Crippen LogP contribution is 2.10. The number of halogens is 1. The fraction of sp³-hybridized carbons (Fsp3) is 0.250. The van der Waals surface area contributed by atoms with Crippen LogP contribution >= 0.6 is 0 Å². The number of nitrogens with one attached hydrogen (secondary N) is 1. The molecule has 0 atom stereocenters. The highest BCUT2D eigenvalue weighted by atomic mass is 19.1. The van der Waals surface area contributed by atoms with Gasteiger partial charge in [-0.2, -0.15) is 0 Å². The van der Waals surface area contributed by atoms with E-state index in [-0.39, 0.29) is 5.56 Å². The van der Waals surface area contributed by atoms with Crippen LogP contribution in [-0.2, 0) is 6.54 Å². The molecule has 0 aliphatic heterocycles. The summed E-state index contributed by atoms with van der Waals surface area (Å²) in [7, 11) is 0. The van der Waals surface area contributed by atoms with Gasteiger partial charge in [0.2, 0.25) is 5.95 Å². The molecule has 0 aliphatic rings. The monoisotopic (exact) mass is 313 g/mol. The van der Waals surface area contributed by atoms with E-state index in [1.165, 1.54) is 0 Å². The molecule has 23 heavy (non-hydrogen) atoms. The number of anilines is 1. The molecule has 7 heteroatoms. The molecule has 0 saturated carbocycles. The van der Waals surface area contributed by atoms with Gasteiger partial charge < -0.3 is 9.88 Å². The molecule has 2 aromatic heterocycles. The fourth-order valence-electron chi connectivity index (χ4n) is 2.38. The number of hydrogen-bond acceptors (Lipinski definition) is 5. The number of fused-ring (bicyclic) bond motifs is 1. The second kappa shape index (κ2) is 6.51. The van der Waals surface area contributed by atoms with Crippen LogP contribution in [-0.4, -0.2) is 26.1 Å². The molecule has 3 aromatic rings. The topological polar surface area (TPSA) is 72.7 Å². The van der Waals surface area contributed by atoms with Gasteiger partial charge in [-0.25, -0.2) is 19.3 Å². The first-order valence-corrected chi connectivity index (χ1v) is 7.33. The maximum Gasteiger partial charge on any atom is 0.272 e. The SMILES string of the molecule is Cc1nc2ccccc2n(CCCNc2ncc(F)cn2)c1=O. The lowest BCUT2D eigenvalue weighted by Gasteiger charge is -2.11. The van der Waals surface area contributed by atoms with Crippen molar-refractivity contribution in [2.24, 2.45) is 0 Å². The number of hydrogen-bond donors (Lipinski definition) is 1. The first-order valence-electron chi connectivity index (χ1n) is 7.33. The second-order valence-corrected chi connectivity index (χ2v) is 5.15. The first-order chi connectivity index (χ1) is 11.1. The summed E-state index contributed by atoms with van der Waals surface area (Å²) in [5, 5.41) is 3.00. The molecule has 0 unspecified atom stereocenters. The predicted octanol–water partition coefficient (Wildman–Crippen LogP) is 2.14. The Balaban J connectivity index is 1.71. The van der Waals surface area contributed by atoms with Crippen molar-refractivity contribution in [3.8, 4) is 0 Å². The normalized spacial score (nSPS) is 10.9. The zero-order valence-electron chi connectivity index (χ0n) is 12.7. The zero-order valence-corrected chi connectivity index (χ0v) is 12.7. The summed E-state index contributed by atoms with van der Waals surface area (Å²) < 4.78 is 14.5. The summed E-state index contributed by atoms with van der Waals surface area (Å²) in [6.45, 7) is 2.85. The maximum absolute atomic E-state index is 12.7. The van der Waals surface area contributed by atoms with Crippen molar-refractivity contribution in [3.05, 3.63) is 58.5 Å². The van der Waals surface area contributed by atoms with E-state index >= 15 is 0 Å². The highest BCUT2D eigenvalue weighted by Gasteiger charge is 2.07. The summed E-state index contributed by atoms with van der Waals surface area (Å²) in [6.07, 6.45) is 2.92. The van der Waals surface area contributed by atoms with Gasteiger partial charge in [-0.1, -0.05) is 12.1 Å². The van der Waals surface area contributed by atoms with Crippen molar-refractivity contribution in [2.75, 3.05) is 11.9 Å². The predicted molar refractivity (Wildman–Crippen MR) is 85.8 cm³/mol. The molecule has 0 bridgehead atoms. The molecule has 1 N–H and O–H groups in total. The molecule has 118 valence electrons. The van der Waals surface area contributed by atoms with Crippen molar-refractivity contribution in [1.82, 2.24) is 19.5 Å². The first kappa shape index (κ1) is 15.1. The highest BCUT2D eigenvalue weighted by molar-refractivity contribution is 5.74. The molecule has 6 nitrogen and oxygen atoms in total. The lowest BCUT2D eigenvalue weighted by Crippen LogP contribution is -2.25. The van der Waals surface area contributed by atoms with Gasteiger partial charge in [-0.15, -0.1) is 0 Å². The molecule has 0 amide bonds. The Hall–Kier alpha value is -2.83. The van der Waals surface area contributed by atoms with Crippen LogP contribution in [0.15, 0.2) is 41.5 Å². The average molecular weight is 313 g/mol. The molecule has 0 radical (unpaired) electrons. The molecule has 0 spiro atoms. The average Bonchev–Trinajstić information content (AvgIpc) is 2.56. The van der Waals surface area contributed by atoms with E-state index in [0.29, 0.717) is 31.2 Å². The number of aromatic nitrogens is 4. The Kier molecular flexibility index (Phi) is 4.27. The Morgan fingerprint density at radius 1 is 1.22 bits per heavy atom. The summed E-state index contributed by atoms with van der Waals surface area (Å²) in [5.41, 5.74) is 2.03. The third-order valence-electron chi connectivity index (χ3n) is 3.48. The van der Waals surface area contributed by atoms with E-state index in [1.807, 2.05) is 24.3 Å². The molecular formula is C16H16FN5O. The molecule has 1 aromatic carbocycles. The Bertz CT molecular complexity index is 876. The molecule has 2 heterocycles. The number of rotatable bonds is 5. The standard InChI is InChI=1S/C16H16FN5O/c1-11-15(23)22(14-6-3-2-5-13(14)21-11)8-4-7-18-16-19-9-12(17)10-20-16/h2-3,5-6,9-10H,4,7-8H2,1H3,(H,18,19,20). The van der Waals surface area contributed by atoms with E-state index in [9.17, 15) is 9.18 Å². The van der Waals surface area contributed by atoms with Gasteiger partial charge >= 0.3 is 0 Å². The van der Waals surface area contributed by atoms with Crippen LogP contribution in [0.3, 0.4) is 0 Å². The smallest absolute Gasteiger partial charge is 0.272 e. The lowest BCUT2D eigenvalue weighted by molar-refractivity contribution is 0.613. The van der Waals surface area contributed by atoms with Gasteiger partial charge in [0.1, 0.15) is 5.69 Å². The van der Waals surface area contributed by atoms with E-state index in [0.717, 1.165) is 23.4 Å². The van der Waals surface area contributed by atoms with Crippen LogP contribution in [0.5, 0.6) is 0 Å². The van der Waals surface area contributed by atoms with E-state index < -0.39 is 5.82 Å². The van der Waals surface area contributed by atoms with E-state index in [1.54, 1.807) is 11.5 Å². The van der Waals surface area contributed by atoms with Crippen molar-refractivity contribution in [1.29, 1.82) is 0 Å². The summed E-state index contributed by atoms with van der Waals surface area (Å²) in [4.78, 5) is 24.3. The van der Waals surface area contributed by atoms with Crippen molar-refractivity contribution in [3.63, 3.8) is 0 Å². The Morgan fingerprint density at radius 3 is 2.74 bits per heavy atom.